The summed E-state index contributed by atoms with van der Waals surface area (Å²) in [6.45, 7) is 4.57. The number of hydrogen-bond donors (Lipinski definition) is 0. The van der Waals surface area contributed by atoms with E-state index in [4.69, 9.17) is 0 Å². The van der Waals surface area contributed by atoms with Crippen molar-refractivity contribution >= 4 is 0 Å². The molecule has 0 saturated carbocycles. The normalized spacial score (nSPS) is 14.6. The third-order valence-corrected chi connectivity index (χ3v) is 4.42. The molecule has 1 aromatic rings. The number of benzene rings is 1. The van der Waals surface area contributed by atoms with Gasteiger partial charge in [-0.05, 0) is 67.7 Å². The summed E-state index contributed by atoms with van der Waals surface area (Å²) in [5, 5.41) is 0. The van der Waals surface area contributed by atoms with Gasteiger partial charge in [0.15, 0.2) is 0 Å². The van der Waals surface area contributed by atoms with Crippen LogP contribution < -0.4 is 0 Å². The number of aryl methyl sites for hydroxylation is 2. The Morgan fingerprint density at radius 1 is 0.889 bits per heavy atom. The summed E-state index contributed by atoms with van der Waals surface area (Å²) in [5.74, 6) is 0. The van der Waals surface area contributed by atoms with Gasteiger partial charge in [-0.25, -0.2) is 0 Å². The average molecular weight is 244 g/mol. The van der Waals surface area contributed by atoms with Crippen LogP contribution in [0.25, 0.3) is 0 Å². The molecule has 1 aliphatic carbocycles. The van der Waals surface area contributed by atoms with Crippen LogP contribution in [0.2, 0.25) is 0 Å². The Morgan fingerprint density at radius 2 is 1.61 bits per heavy atom. The molecule has 1 aromatic carbocycles. The van der Waals surface area contributed by atoms with Gasteiger partial charge in [0.05, 0.1) is 0 Å². The Labute approximate surface area is 113 Å². The Balaban J connectivity index is 1.96. The van der Waals surface area contributed by atoms with Gasteiger partial charge >= 0.3 is 0 Å². The van der Waals surface area contributed by atoms with Crippen LogP contribution in [0.1, 0.15) is 74.1 Å². The van der Waals surface area contributed by atoms with E-state index >= 15 is 0 Å². The van der Waals surface area contributed by atoms with Crippen molar-refractivity contribution < 1.29 is 0 Å². The van der Waals surface area contributed by atoms with E-state index in [2.05, 4.69) is 26.0 Å². The Hall–Kier alpha value is -0.780. The van der Waals surface area contributed by atoms with E-state index in [0.717, 1.165) is 0 Å². The third kappa shape index (κ3) is 3.37. The molecule has 0 amide bonds. The summed E-state index contributed by atoms with van der Waals surface area (Å²) in [7, 11) is 0. The zero-order chi connectivity index (χ0) is 12.8. The van der Waals surface area contributed by atoms with Crippen molar-refractivity contribution in [3.05, 3.63) is 34.4 Å². The molecule has 0 atom stereocenters. The van der Waals surface area contributed by atoms with Gasteiger partial charge in [-0.3, -0.25) is 0 Å². The van der Waals surface area contributed by atoms with Crippen molar-refractivity contribution in [1.29, 1.82) is 0 Å². The SMILES string of the molecule is CCCCCCCc1ccc(C)c2c1CCCC2. The molecule has 0 saturated heterocycles. The Morgan fingerprint density at radius 3 is 2.39 bits per heavy atom. The highest BCUT2D eigenvalue weighted by Gasteiger charge is 2.14. The first-order valence-corrected chi connectivity index (χ1v) is 7.93. The van der Waals surface area contributed by atoms with E-state index in [1.165, 1.54) is 69.8 Å². The van der Waals surface area contributed by atoms with Crippen LogP contribution in [0.4, 0.5) is 0 Å². The molecule has 2 rings (SSSR count). The molecule has 0 N–H and O–H groups in total. The second kappa shape index (κ2) is 6.97. The van der Waals surface area contributed by atoms with E-state index in [1.54, 1.807) is 16.7 Å². The van der Waals surface area contributed by atoms with Crippen LogP contribution in [-0.4, -0.2) is 0 Å². The highest BCUT2D eigenvalue weighted by atomic mass is 14.2. The van der Waals surface area contributed by atoms with Crippen molar-refractivity contribution in [1.82, 2.24) is 0 Å². The minimum absolute atomic E-state index is 1.31. The Kier molecular flexibility index (Phi) is 5.28. The minimum Gasteiger partial charge on any atom is -0.0654 e. The fourth-order valence-corrected chi connectivity index (χ4v) is 3.27. The number of rotatable bonds is 6. The maximum atomic E-state index is 2.40. The van der Waals surface area contributed by atoms with Crippen molar-refractivity contribution in [3.63, 3.8) is 0 Å². The maximum Gasteiger partial charge on any atom is -0.0273 e. The number of unbranched alkanes of at least 4 members (excludes halogenated alkanes) is 4. The topological polar surface area (TPSA) is 0 Å². The van der Waals surface area contributed by atoms with Crippen molar-refractivity contribution in [2.45, 2.75) is 78.1 Å². The van der Waals surface area contributed by atoms with Gasteiger partial charge in [-0.15, -0.1) is 0 Å². The third-order valence-electron chi connectivity index (χ3n) is 4.42. The fraction of sp³-hybridized carbons (Fsp3) is 0.667. The quantitative estimate of drug-likeness (QED) is 0.589. The van der Waals surface area contributed by atoms with E-state index in [9.17, 15) is 0 Å². The zero-order valence-corrected chi connectivity index (χ0v) is 12.2. The number of hydrogen-bond acceptors (Lipinski definition) is 0. The zero-order valence-electron chi connectivity index (χ0n) is 12.2. The molecule has 0 unspecified atom stereocenters. The lowest BCUT2D eigenvalue weighted by molar-refractivity contribution is 0.624. The van der Waals surface area contributed by atoms with Crippen molar-refractivity contribution in [2.75, 3.05) is 0 Å². The van der Waals surface area contributed by atoms with Gasteiger partial charge in [0.25, 0.3) is 0 Å². The highest BCUT2D eigenvalue weighted by molar-refractivity contribution is 5.42. The summed E-state index contributed by atoms with van der Waals surface area (Å²) in [6.07, 6.45) is 13.7. The van der Waals surface area contributed by atoms with Gasteiger partial charge in [0.2, 0.25) is 0 Å². The lowest BCUT2D eigenvalue weighted by atomic mass is 9.84. The molecule has 0 bridgehead atoms. The first-order chi connectivity index (χ1) is 8.83. The van der Waals surface area contributed by atoms with Crippen LogP contribution >= 0.6 is 0 Å². The standard InChI is InChI=1S/C18H28/c1-3-4-5-6-7-10-16-14-13-15(2)17-11-8-9-12-18(16)17/h13-14H,3-12H2,1-2H3. The van der Waals surface area contributed by atoms with E-state index in [1.807, 2.05) is 0 Å². The van der Waals surface area contributed by atoms with Crippen molar-refractivity contribution in [3.8, 4) is 0 Å². The van der Waals surface area contributed by atoms with Crippen LogP contribution in [0, 0.1) is 6.92 Å². The molecular formula is C18H28. The van der Waals surface area contributed by atoms with Gasteiger partial charge in [-0.2, -0.15) is 0 Å². The molecule has 18 heavy (non-hydrogen) atoms. The monoisotopic (exact) mass is 244 g/mol. The summed E-state index contributed by atoms with van der Waals surface area (Å²) in [5.41, 5.74) is 6.59. The van der Waals surface area contributed by atoms with Gasteiger partial charge < -0.3 is 0 Å². The van der Waals surface area contributed by atoms with Gasteiger partial charge in [-0.1, -0.05) is 44.7 Å². The van der Waals surface area contributed by atoms with Crippen LogP contribution in [0.3, 0.4) is 0 Å². The lowest BCUT2D eigenvalue weighted by Crippen LogP contribution is -2.08. The molecule has 0 aromatic heterocycles. The molecule has 0 aliphatic heterocycles. The van der Waals surface area contributed by atoms with E-state index in [0.29, 0.717) is 0 Å². The van der Waals surface area contributed by atoms with E-state index < -0.39 is 0 Å². The van der Waals surface area contributed by atoms with Crippen LogP contribution in [0.15, 0.2) is 12.1 Å². The van der Waals surface area contributed by atoms with Crippen LogP contribution in [0.5, 0.6) is 0 Å². The largest absolute Gasteiger partial charge is 0.0654 e. The average Bonchev–Trinajstić information content (AvgIpc) is 2.41. The lowest BCUT2D eigenvalue weighted by Gasteiger charge is -2.21. The van der Waals surface area contributed by atoms with Gasteiger partial charge in [0.1, 0.15) is 0 Å². The highest BCUT2D eigenvalue weighted by Crippen LogP contribution is 2.28. The molecule has 1 aliphatic rings. The predicted molar refractivity (Wildman–Crippen MR) is 80.3 cm³/mol. The second-order valence-electron chi connectivity index (χ2n) is 5.87. The smallest absolute Gasteiger partial charge is 0.0273 e. The molecule has 0 spiro atoms. The minimum atomic E-state index is 1.31. The maximum absolute atomic E-state index is 2.40. The van der Waals surface area contributed by atoms with Crippen molar-refractivity contribution in [2.24, 2.45) is 0 Å². The molecule has 0 fully saturated rings. The molecule has 0 nitrogen and oxygen atoms in total. The van der Waals surface area contributed by atoms with Crippen LogP contribution in [-0.2, 0) is 19.3 Å². The first kappa shape index (κ1) is 13.6. The Bertz CT molecular complexity index is 376. The second-order valence-corrected chi connectivity index (χ2v) is 5.87. The van der Waals surface area contributed by atoms with Gasteiger partial charge in [0, 0.05) is 0 Å². The van der Waals surface area contributed by atoms with E-state index in [-0.39, 0.29) is 0 Å². The molecule has 0 heterocycles. The predicted octanol–water partition coefficient (Wildman–Crippen LogP) is 5.39. The summed E-state index contributed by atoms with van der Waals surface area (Å²) in [4.78, 5) is 0. The molecule has 0 radical (unpaired) electrons. The summed E-state index contributed by atoms with van der Waals surface area (Å²) >= 11 is 0. The first-order valence-electron chi connectivity index (χ1n) is 7.93. The number of fused-ring (bicyclic) bond motifs is 1. The fourth-order valence-electron chi connectivity index (χ4n) is 3.27. The molecule has 100 valence electrons. The summed E-state index contributed by atoms with van der Waals surface area (Å²) in [6, 6.07) is 4.75. The molecule has 0 heteroatoms. The molecular weight excluding hydrogens is 216 g/mol. The summed E-state index contributed by atoms with van der Waals surface area (Å²) < 4.78 is 0.